The van der Waals surface area contributed by atoms with Crippen molar-refractivity contribution >= 4 is 32.5 Å². The second kappa shape index (κ2) is 5.10. The van der Waals surface area contributed by atoms with Crippen LogP contribution in [0.3, 0.4) is 0 Å². The normalized spacial score (nSPS) is 12.0. The van der Waals surface area contributed by atoms with Gasteiger partial charge in [-0.3, -0.25) is 4.57 Å². The van der Waals surface area contributed by atoms with Crippen LogP contribution in [-0.4, -0.2) is 18.0 Å². The van der Waals surface area contributed by atoms with Gasteiger partial charge in [-0.15, -0.1) is 11.3 Å². The Bertz CT molecular complexity index is 939. The van der Waals surface area contributed by atoms with Crippen LogP contribution in [0.1, 0.15) is 5.01 Å². The van der Waals surface area contributed by atoms with Crippen molar-refractivity contribution in [3.63, 3.8) is 0 Å². The van der Waals surface area contributed by atoms with Crippen molar-refractivity contribution in [2.45, 2.75) is 11.4 Å². The van der Waals surface area contributed by atoms with E-state index < -0.39 is 15.8 Å². The van der Waals surface area contributed by atoms with E-state index in [4.69, 9.17) is 4.42 Å². The van der Waals surface area contributed by atoms with Crippen LogP contribution >= 0.6 is 11.3 Å². The Labute approximate surface area is 123 Å². The topological polar surface area (TPSA) is 94.2 Å². The molecule has 0 unspecified atom stereocenters. The Morgan fingerprint density at radius 1 is 1.43 bits per heavy atom. The highest BCUT2D eigenvalue weighted by atomic mass is 32.2. The monoisotopic (exact) mass is 325 g/mol. The fraction of sp³-hybridized carbons (Fsp3) is 0.167. The number of aryl methyl sites for hydroxylation is 1. The summed E-state index contributed by atoms with van der Waals surface area (Å²) < 4.78 is 33.2. The molecule has 0 amide bonds. The molecule has 0 bridgehead atoms. The molecule has 9 heteroatoms. The molecule has 0 saturated carbocycles. The molecule has 0 saturated heterocycles. The van der Waals surface area contributed by atoms with E-state index in [1.165, 1.54) is 34.1 Å². The lowest BCUT2D eigenvalue weighted by Crippen LogP contribution is -2.23. The number of oxazole rings is 1. The molecule has 0 radical (unpaired) electrons. The first-order valence-corrected chi connectivity index (χ1v) is 8.31. The average Bonchev–Trinajstić information content (AvgIpc) is 3.06. The molecular formula is C12H11N3O4S2. The fourth-order valence-corrected chi connectivity index (χ4v) is 3.51. The van der Waals surface area contributed by atoms with E-state index in [0.29, 0.717) is 10.5 Å². The van der Waals surface area contributed by atoms with Gasteiger partial charge in [0, 0.05) is 24.7 Å². The number of thiazole rings is 1. The van der Waals surface area contributed by atoms with Crippen LogP contribution in [0.2, 0.25) is 0 Å². The molecule has 2 heterocycles. The summed E-state index contributed by atoms with van der Waals surface area (Å²) in [6.07, 6.45) is 1.61. The summed E-state index contributed by atoms with van der Waals surface area (Å²) in [4.78, 5) is 15.5. The molecule has 110 valence electrons. The molecule has 3 aromatic rings. The Morgan fingerprint density at radius 3 is 2.95 bits per heavy atom. The zero-order valence-electron chi connectivity index (χ0n) is 10.9. The van der Waals surface area contributed by atoms with Crippen molar-refractivity contribution in [3.05, 3.63) is 45.3 Å². The molecule has 0 aliphatic carbocycles. The molecule has 0 atom stereocenters. The number of rotatable bonds is 4. The summed E-state index contributed by atoms with van der Waals surface area (Å²) >= 11 is 1.37. The Balaban J connectivity index is 1.93. The Kier molecular flexibility index (Phi) is 3.40. The zero-order valence-corrected chi connectivity index (χ0v) is 12.6. The lowest BCUT2D eigenvalue weighted by Gasteiger charge is -2.05. The van der Waals surface area contributed by atoms with E-state index in [2.05, 4.69) is 9.71 Å². The van der Waals surface area contributed by atoms with E-state index in [9.17, 15) is 13.2 Å². The van der Waals surface area contributed by atoms with Crippen molar-refractivity contribution in [1.29, 1.82) is 0 Å². The molecule has 1 N–H and O–H groups in total. The van der Waals surface area contributed by atoms with Crippen LogP contribution in [0.25, 0.3) is 11.1 Å². The SMILES string of the molecule is Cn1c(=O)oc2cc(S(=O)(=O)NCc3nccs3)ccc21. The van der Waals surface area contributed by atoms with Crippen LogP contribution in [0.4, 0.5) is 0 Å². The highest BCUT2D eigenvalue weighted by molar-refractivity contribution is 7.89. The minimum Gasteiger partial charge on any atom is -0.408 e. The van der Waals surface area contributed by atoms with E-state index >= 15 is 0 Å². The third-order valence-corrected chi connectivity index (χ3v) is 5.15. The lowest BCUT2D eigenvalue weighted by molar-refractivity contribution is 0.527. The third kappa shape index (κ3) is 2.62. The van der Waals surface area contributed by atoms with Gasteiger partial charge in [0.1, 0.15) is 5.01 Å². The molecule has 0 spiro atoms. The molecule has 2 aromatic heterocycles. The molecule has 0 fully saturated rings. The van der Waals surface area contributed by atoms with Gasteiger partial charge in [-0.2, -0.15) is 0 Å². The van der Waals surface area contributed by atoms with Gasteiger partial charge in [0.25, 0.3) is 0 Å². The number of hydrogen-bond donors (Lipinski definition) is 1. The highest BCUT2D eigenvalue weighted by Crippen LogP contribution is 2.18. The number of hydrogen-bond acceptors (Lipinski definition) is 6. The molecule has 1 aromatic carbocycles. The molecule has 3 rings (SSSR count). The summed E-state index contributed by atoms with van der Waals surface area (Å²) in [6, 6.07) is 4.31. The summed E-state index contributed by atoms with van der Waals surface area (Å²) in [6.45, 7) is 0.122. The van der Waals surface area contributed by atoms with Crippen molar-refractivity contribution in [3.8, 4) is 0 Å². The first kappa shape index (κ1) is 14.0. The van der Waals surface area contributed by atoms with Crippen molar-refractivity contribution in [2.75, 3.05) is 0 Å². The number of benzene rings is 1. The predicted octanol–water partition coefficient (Wildman–Crippen LogP) is 1.07. The molecule has 21 heavy (non-hydrogen) atoms. The van der Waals surface area contributed by atoms with Gasteiger partial charge in [0.05, 0.1) is 17.0 Å². The number of aromatic nitrogens is 2. The Morgan fingerprint density at radius 2 is 2.24 bits per heavy atom. The fourth-order valence-electron chi connectivity index (χ4n) is 1.86. The number of sulfonamides is 1. The maximum atomic E-state index is 12.2. The first-order chi connectivity index (χ1) is 9.97. The minimum atomic E-state index is -3.69. The minimum absolute atomic E-state index is 0.0425. The van der Waals surface area contributed by atoms with Gasteiger partial charge in [0.15, 0.2) is 5.58 Å². The van der Waals surface area contributed by atoms with Gasteiger partial charge in [-0.1, -0.05) is 0 Å². The van der Waals surface area contributed by atoms with Gasteiger partial charge in [-0.05, 0) is 12.1 Å². The summed E-state index contributed by atoms with van der Waals surface area (Å²) in [5.74, 6) is -0.532. The molecule has 0 aliphatic rings. The molecule has 7 nitrogen and oxygen atoms in total. The van der Waals surface area contributed by atoms with Crippen LogP contribution in [0, 0.1) is 0 Å². The number of nitrogens with one attached hydrogen (secondary N) is 1. The van der Waals surface area contributed by atoms with E-state index in [1.54, 1.807) is 18.6 Å². The Hall–Kier alpha value is -1.97. The van der Waals surface area contributed by atoms with Crippen molar-refractivity contribution < 1.29 is 12.8 Å². The zero-order chi connectivity index (χ0) is 15.0. The average molecular weight is 325 g/mol. The van der Waals surface area contributed by atoms with E-state index in [1.807, 2.05) is 0 Å². The van der Waals surface area contributed by atoms with Crippen LogP contribution in [0.15, 0.2) is 43.9 Å². The van der Waals surface area contributed by atoms with Gasteiger partial charge >= 0.3 is 5.76 Å². The summed E-state index contributed by atoms with van der Waals surface area (Å²) in [7, 11) is -2.13. The lowest BCUT2D eigenvalue weighted by atomic mass is 10.3. The van der Waals surface area contributed by atoms with E-state index in [-0.39, 0.29) is 17.0 Å². The third-order valence-electron chi connectivity index (χ3n) is 2.97. The van der Waals surface area contributed by atoms with Crippen molar-refractivity contribution in [2.24, 2.45) is 7.05 Å². The number of nitrogens with zero attached hydrogens (tertiary/aromatic N) is 2. The molecule has 0 aliphatic heterocycles. The smallest absolute Gasteiger partial charge is 0.408 e. The standard InChI is InChI=1S/C12H11N3O4S2/c1-15-9-3-2-8(6-10(9)19-12(15)16)21(17,18)14-7-11-13-4-5-20-11/h2-6,14H,7H2,1H3. The highest BCUT2D eigenvalue weighted by Gasteiger charge is 2.17. The second-order valence-corrected chi connectivity index (χ2v) is 7.05. The van der Waals surface area contributed by atoms with Gasteiger partial charge in [0.2, 0.25) is 10.0 Å². The van der Waals surface area contributed by atoms with Crippen LogP contribution in [-0.2, 0) is 23.6 Å². The largest absolute Gasteiger partial charge is 0.419 e. The summed E-state index contributed by atoms with van der Waals surface area (Å²) in [5.41, 5.74) is 0.776. The van der Waals surface area contributed by atoms with Crippen molar-refractivity contribution in [1.82, 2.24) is 14.3 Å². The summed E-state index contributed by atoms with van der Waals surface area (Å²) in [5, 5.41) is 2.44. The maximum absolute atomic E-state index is 12.2. The van der Waals surface area contributed by atoms with E-state index in [0.717, 1.165) is 0 Å². The quantitative estimate of drug-likeness (QED) is 0.774. The van der Waals surface area contributed by atoms with Gasteiger partial charge in [-0.25, -0.2) is 22.9 Å². The maximum Gasteiger partial charge on any atom is 0.419 e. The second-order valence-electron chi connectivity index (χ2n) is 4.31. The predicted molar refractivity (Wildman–Crippen MR) is 77.6 cm³/mol. The number of fused-ring (bicyclic) bond motifs is 1. The van der Waals surface area contributed by atoms with Crippen LogP contribution < -0.4 is 10.5 Å². The van der Waals surface area contributed by atoms with Crippen LogP contribution in [0.5, 0.6) is 0 Å². The first-order valence-electron chi connectivity index (χ1n) is 5.95. The molecular weight excluding hydrogens is 314 g/mol. The van der Waals surface area contributed by atoms with Gasteiger partial charge < -0.3 is 4.42 Å².